The Labute approximate surface area is 95.2 Å². The van der Waals surface area contributed by atoms with Gasteiger partial charge >= 0.3 is 0 Å². The Bertz CT molecular complexity index is 299. The summed E-state index contributed by atoms with van der Waals surface area (Å²) in [7, 11) is 0. The molecular formula is C11H15Cl2N. The first-order valence-corrected chi connectivity index (χ1v) is 5.53. The Morgan fingerprint density at radius 2 is 2.07 bits per heavy atom. The predicted molar refractivity (Wildman–Crippen MR) is 63.0 cm³/mol. The van der Waals surface area contributed by atoms with Crippen LogP contribution in [0.1, 0.15) is 18.9 Å². The molecule has 0 radical (unpaired) electrons. The normalized spacial score (nSPS) is 12.9. The van der Waals surface area contributed by atoms with Crippen molar-refractivity contribution >= 4 is 23.2 Å². The summed E-state index contributed by atoms with van der Waals surface area (Å²) in [5.41, 5.74) is 6.60. The maximum Gasteiger partial charge on any atom is 0.0624 e. The van der Waals surface area contributed by atoms with Crippen molar-refractivity contribution in [2.75, 3.05) is 6.54 Å². The van der Waals surface area contributed by atoms with E-state index in [4.69, 9.17) is 28.9 Å². The molecule has 0 bridgehead atoms. The maximum atomic E-state index is 6.07. The highest BCUT2D eigenvalue weighted by Gasteiger charge is 2.08. The fourth-order valence-electron chi connectivity index (χ4n) is 1.47. The third-order valence-electron chi connectivity index (χ3n) is 2.26. The molecule has 0 fully saturated rings. The summed E-state index contributed by atoms with van der Waals surface area (Å²) in [5, 5.41) is 1.31. The van der Waals surface area contributed by atoms with Crippen LogP contribution < -0.4 is 5.73 Å². The fraction of sp³-hybridized carbons (Fsp3) is 0.455. The van der Waals surface area contributed by atoms with E-state index in [1.807, 2.05) is 12.1 Å². The smallest absolute Gasteiger partial charge is 0.0624 e. The van der Waals surface area contributed by atoms with Crippen LogP contribution in [-0.4, -0.2) is 6.54 Å². The number of halogens is 2. The van der Waals surface area contributed by atoms with Crippen molar-refractivity contribution < 1.29 is 0 Å². The molecule has 0 spiro atoms. The molecule has 0 saturated carbocycles. The van der Waals surface area contributed by atoms with Gasteiger partial charge in [-0.3, -0.25) is 0 Å². The highest BCUT2D eigenvalue weighted by Crippen LogP contribution is 2.27. The zero-order valence-electron chi connectivity index (χ0n) is 8.26. The average molecular weight is 232 g/mol. The quantitative estimate of drug-likeness (QED) is 0.844. The van der Waals surface area contributed by atoms with Crippen LogP contribution in [-0.2, 0) is 6.42 Å². The molecule has 1 aromatic rings. The van der Waals surface area contributed by atoms with Crippen LogP contribution in [0, 0.1) is 5.92 Å². The molecule has 0 heterocycles. The molecule has 1 rings (SSSR count). The topological polar surface area (TPSA) is 26.0 Å². The second-order valence-electron chi connectivity index (χ2n) is 3.60. The lowest BCUT2D eigenvalue weighted by molar-refractivity contribution is 0.538. The van der Waals surface area contributed by atoms with Gasteiger partial charge in [-0.2, -0.15) is 0 Å². The summed E-state index contributed by atoms with van der Waals surface area (Å²) in [6.07, 6.45) is 1.96. The summed E-state index contributed by atoms with van der Waals surface area (Å²) in [6.45, 7) is 2.89. The van der Waals surface area contributed by atoms with E-state index in [1.54, 1.807) is 6.07 Å². The van der Waals surface area contributed by atoms with Crippen molar-refractivity contribution in [1.29, 1.82) is 0 Å². The van der Waals surface area contributed by atoms with Gasteiger partial charge in [-0.1, -0.05) is 42.3 Å². The molecule has 1 atom stereocenters. The van der Waals surface area contributed by atoms with Gasteiger partial charge in [0.15, 0.2) is 0 Å². The molecule has 1 nitrogen and oxygen atoms in total. The molecule has 1 aromatic carbocycles. The van der Waals surface area contributed by atoms with E-state index in [9.17, 15) is 0 Å². The van der Waals surface area contributed by atoms with Gasteiger partial charge in [-0.15, -0.1) is 0 Å². The summed E-state index contributed by atoms with van der Waals surface area (Å²) in [4.78, 5) is 0. The molecule has 3 heteroatoms. The lowest BCUT2D eigenvalue weighted by Gasteiger charge is -2.11. The highest BCUT2D eigenvalue weighted by molar-refractivity contribution is 6.42. The summed E-state index contributed by atoms with van der Waals surface area (Å²) in [6, 6.07) is 5.75. The minimum Gasteiger partial charge on any atom is -0.330 e. The van der Waals surface area contributed by atoms with Crippen molar-refractivity contribution in [3.05, 3.63) is 33.8 Å². The van der Waals surface area contributed by atoms with Gasteiger partial charge in [-0.05, 0) is 36.9 Å². The van der Waals surface area contributed by atoms with Crippen molar-refractivity contribution in [3.63, 3.8) is 0 Å². The van der Waals surface area contributed by atoms with Crippen LogP contribution in [0.4, 0.5) is 0 Å². The van der Waals surface area contributed by atoms with Crippen molar-refractivity contribution in [2.45, 2.75) is 19.8 Å². The molecule has 0 aromatic heterocycles. The van der Waals surface area contributed by atoms with Crippen LogP contribution in [0.25, 0.3) is 0 Å². The van der Waals surface area contributed by atoms with Crippen LogP contribution in [0.3, 0.4) is 0 Å². The third kappa shape index (κ3) is 3.16. The van der Waals surface area contributed by atoms with Crippen molar-refractivity contribution in [1.82, 2.24) is 0 Å². The lowest BCUT2D eigenvalue weighted by atomic mass is 9.98. The molecule has 0 aliphatic rings. The van der Waals surface area contributed by atoms with Gasteiger partial charge in [0.05, 0.1) is 10.0 Å². The van der Waals surface area contributed by atoms with E-state index in [-0.39, 0.29) is 0 Å². The Morgan fingerprint density at radius 1 is 1.36 bits per heavy atom. The molecule has 0 aliphatic heterocycles. The number of nitrogens with two attached hydrogens (primary N) is 1. The molecule has 0 amide bonds. The van der Waals surface area contributed by atoms with Gasteiger partial charge in [0.25, 0.3) is 0 Å². The number of hydrogen-bond acceptors (Lipinski definition) is 1. The Balaban J connectivity index is 2.71. The van der Waals surface area contributed by atoms with Crippen LogP contribution in [0.15, 0.2) is 18.2 Å². The van der Waals surface area contributed by atoms with E-state index in [0.717, 1.165) is 24.9 Å². The third-order valence-corrected chi connectivity index (χ3v) is 3.12. The van der Waals surface area contributed by atoms with Crippen LogP contribution in [0.5, 0.6) is 0 Å². The SMILES string of the molecule is CC(CCN)Cc1cccc(Cl)c1Cl. The van der Waals surface area contributed by atoms with E-state index in [1.165, 1.54) is 0 Å². The van der Waals surface area contributed by atoms with Gasteiger partial charge < -0.3 is 5.73 Å². The van der Waals surface area contributed by atoms with E-state index in [2.05, 4.69) is 6.92 Å². The standard InChI is InChI=1S/C11H15Cl2N/c1-8(5-6-14)7-9-3-2-4-10(12)11(9)13/h2-4,8H,5-7,14H2,1H3. The van der Waals surface area contributed by atoms with Gasteiger partial charge in [0.1, 0.15) is 0 Å². The Morgan fingerprint density at radius 3 is 2.71 bits per heavy atom. The number of rotatable bonds is 4. The first-order valence-electron chi connectivity index (χ1n) is 4.78. The molecule has 2 N–H and O–H groups in total. The average Bonchev–Trinajstić information content (AvgIpc) is 2.13. The minimum absolute atomic E-state index is 0.552. The maximum absolute atomic E-state index is 6.07. The fourth-order valence-corrected chi connectivity index (χ4v) is 1.87. The van der Waals surface area contributed by atoms with Crippen molar-refractivity contribution in [2.24, 2.45) is 11.7 Å². The Kier molecular flexibility index (Phi) is 4.73. The second-order valence-corrected chi connectivity index (χ2v) is 4.38. The number of benzene rings is 1. The molecule has 0 saturated heterocycles. The van der Waals surface area contributed by atoms with Crippen LogP contribution >= 0.6 is 23.2 Å². The van der Waals surface area contributed by atoms with E-state index in [0.29, 0.717) is 16.0 Å². The van der Waals surface area contributed by atoms with Crippen LogP contribution in [0.2, 0.25) is 10.0 Å². The van der Waals surface area contributed by atoms with Gasteiger partial charge in [0, 0.05) is 0 Å². The molecule has 78 valence electrons. The number of hydrogen-bond donors (Lipinski definition) is 1. The molecule has 0 aliphatic carbocycles. The van der Waals surface area contributed by atoms with Crippen molar-refractivity contribution in [3.8, 4) is 0 Å². The minimum atomic E-state index is 0.552. The first kappa shape index (κ1) is 11.8. The molecule has 1 unspecified atom stereocenters. The van der Waals surface area contributed by atoms with E-state index >= 15 is 0 Å². The van der Waals surface area contributed by atoms with E-state index < -0.39 is 0 Å². The largest absolute Gasteiger partial charge is 0.330 e. The second kappa shape index (κ2) is 5.59. The monoisotopic (exact) mass is 231 g/mol. The molecule has 14 heavy (non-hydrogen) atoms. The summed E-state index contributed by atoms with van der Waals surface area (Å²) < 4.78 is 0. The zero-order valence-corrected chi connectivity index (χ0v) is 9.78. The zero-order chi connectivity index (χ0) is 10.6. The summed E-state index contributed by atoms with van der Waals surface area (Å²) in [5.74, 6) is 0.552. The lowest BCUT2D eigenvalue weighted by Crippen LogP contribution is -2.08. The summed E-state index contributed by atoms with van der Waals surface area (Å²) >= 11 is 12.0. The molecular weight excluding hydrogens is 217 g/mol. The first-order chi connectivity index (χ1) is 6.65. The van der Waals surface area contributed by atoms with Gasteiger partial charge in [0.2, 0.25) is 0 Å². The Hall–Kier alpha value is -0.240. The van der Waals surface area contributed by atoms with Gasteiger partial charge in [-0.25, -0.2) is 0 Å². The highest BCUT2D eigenvalue weighted by atomic mass is 35.5. The predicted octanol–water partition coefficient (Wildman–Crippen LogP) is 3.52.